The van der Waals surface area contributed by atoms with Crippen molar-refractivity contribution in [2.24, 2.45) is 5.92 Å². The molecule has 0 fully saturated rings. The molecule has 0 heterocycles. The van der Waals surface area contributed by atoms with Crippen LogP contribution in [0.4, 0.5) is 0 Å². The molecule has 2 atom stereocenters. The van der Waals surface area contributed by atoms with E-state index in [0.717, 1.165) is 31.5 Å². The first kappa shape index (κ1) is 22.8. The molecule has 0 amide bonds. The second-order valence-corrected chi connectivity index (χ2v) is 8.47. The van der Waals surface area contributed by atoms with Gasteiger partial charge in [-0.1, -0.05) is 80.4 Å². The van der Waals surface area contributed by atoms with Crippen molar-refractivity contribution in [3.8, 4) is 6.07 Å². The summed E-state index contributed by atoms with van der Waals surface area (Å²) in [7, 11) is 0. The topological polar surface area (TPSA) is 27.0 Å². The van der Waals surface area contributed by atoms with Crippen LogP contribution < -0.4 is 0 Å². The van der Waals surface area contributed by atoms with E-state index in [1.165, 1.54) is 5.56 Å². The smallest absolute Gasteiger partial charge is 0.0874 e. The molecule has 2 rings (SSSR count). The first-order chi connectivity index (χ1) is 13.4. The van der Waals surface area contributed by atoms with Gasteiger partial charge in [-0.2, -0.15) is 5.26 Å². The number of benzene rings is 2. The number of hydrogen-bond acceptors (Lipinski definition) is 2. The minimum absolute atomic E-state index is 0.108. The Morgan fingerprint density at radius 1 is 1.00 bits per heavy atom. The van der Waals surface area contributed by atoms with Crippen LogP contribution in [0.1, 0.15) is 57.7 Å². The molecule has 0 aliphatic heterocycles. The second kappa shape index (κ2) is 10.3. The van der Waals surface area contributed by atoms with E-state index in [1.807, 2.05) is 24.3 Å². The molecular weight excluding hydrogens is 387 g/mol. The summed E-state index contributed by atoms with van der Waals surface area (Å²) in [6, 6.07) is 19.0. The van der Waals surface area contributed by atoms with E-state index >= 15 is 0 Å². The molecule has 0 aliphatic rings. The third-order valence-electron chi connectivity index (χ3n) is 5.85. The molecule has 4 heteroatoms. The largest absolute Gasteiger partial charge is 0.297 e. The van der Waals surface area contributed by atoms with E-state index in [2.05, 4.69) is 62.9 Å². The van der Waals surface area contributed by atoms with Crippen LogP contribution in [0.3, 0.4) is 0 Å². The summed E-state index contributed by atoms with van der Waals surface area (Å²) in [4.78, 5) is 2.45. The SMILES string of the molecule is CCN(CCCC(C#N)(c1c(Cl)cccc1Cl)C(C)C)C(C)c1ccccc1. The van der Waals surface area contributed by atoms with Gasteiger partial charge in [0.25, 0.3) is 0 Å². The quantitative estimate of drug-likeness (QED) is 0.429. The van der Waals surface area contributed by atoms with Crippen LogP contribution >= 0.6 is 23.2 Å². The van der Waals surface area contributed by atoms with Crippen LogP contribution in [0, 0.1) is 17.2 Å². The third kappa shape index (κ3) is 4.90. The highest BCUT2D eigenvalue weighted by Gasteiger charge is 2.39. The van der Waals surface area contributed by atoms with Crippen molar-refractivity contribution in [2.75, 3.05) is 13.1 Å². The summed E-state index contributed by atoms with van der Waals surface area (Å²) in [5, 5.41) is 11.3. The number of nitrogens with zero attached hydrogens (tertiary/aromatic N) is 2. The number of halogens is 2. The molecule has 2 nitrogen and oxygen atoms in total. The molecule has 2 aromatic carbocycles. The maximum Gasteiger partial charge on any atom is 0.0874 e. The van der Waals surface area contributed by atoms with Gasteiger partial charge in [-0.15, -0.1) is 0 Å². The van der Waals surface area contributed by atoms with E-state index in [1.54, 1.807) is 0 Å². The van der Waals surface area contributed by atoms with Gasteiger partial charge in [-0.25, -0.2) is 0 Å². The Morgan fingerprint density at radius 2 is 1.61 bits per heavy atom. The molecule has 2 unspecified atom stereocenters. The Kier molecular flexibility index (Phi) is 8.38. The zero-order valence-electron chi connectivity index (χ0n) is 17.3. The standard InChI is InChI=1S/C24H30Cl2N2/c1-5-28(19(4)20-11-7-6-8-12-20)16-10-15-24(17-27,18(2)3)23-21(25)13-9-14-22(23)26/h6-9,11-14,18-19H,5,10,15-16H2,1-4H3. The van der Waals surface area contributed by atoms with Crippen molar-refractivity contribution >= 4 is 23.2 Å². The van der Waals surface area contributed by atoms with E-state index < -0.39 is 5.41 Å². The van der Waals surface area contributed by atoms with Gasteiger partial charge in [0, 0.05) is 21.7 Å². The molecule has 0 saturated carbocycles. The predicted octanol–water partition coefficient (Wildman–Crippen LogP) is 7.27. The Labute approximate surface area is 180 Å². The highest BCUT2D eigenvalue weighted by Crippen LogP contribution is 2.43. The van der Waals surface area contributed by atoms with Crippen molar-refractivity contribution in [1.82, 2.24) is 4.90 Å². The van der Waals surface area contributed by atoms with Crippen LogP contribution in [0.2, 0.25) is 10.0 Å². The van der Waals surface area contributed by atoms with Crippen LogP contribution in [0.15, 0.2) is 48.5 Å². The molecule has 150 valence electrons. The molecular formula is C24H30Cl2N2. The van der Waals surface area contributed by atoms with Crippen LogP contribution in [0.25, 0.3) is 0 Å². The lowest BCUT2D eigenvalue weighted by molar-refractivity contribution is 0.208. The first-order valence-corrected chi connectivity index (χ1v) is 10.8. The maximum absolute atomic E-state index is 10.2. The fourth-order valence-corrected chi connectivity index (χ4v) is 4.73. The third-order valence-corrected chi connectivity index (χ3v) is 6.48. The molecule has 28 heavy (non-hydrogen) atoms. The van der Waals surface area contributed by atoms with Gasteiger partial charge in [0.15, 0.2) is 0 Å². The van der Waals surface area contributed by atoms with E-state index in [9.17, 15) is 5.26 Å². The lowest BCUT2D eigenvalue weighted by Crippen LogP contribution is -2.34. The molecule has 0 aromatic heterocycles. The van der Waals surface area contributed by atoms with Crippen molar-refractivity contribution in [3.05, 3.63) is 69.7 Å². The monoisotopic (exact) mass is 416 g/mol. The fourth-order valence-electron chi connectivity index (χ4n) is 4.00. The Balaban J connectivity index is 2.19. The molecule has 0 saturated heterocycles. The molecule has 2 aromatic rings. The van der Waals surface area contributed by atoms with Gasteiger partial charge in [0.05, 0.1) is 11.5 Å². The Morgan fingerprint density at radius 3 is 2.11 bits per heavy atom. The van der Waals surface area contributed by atoms with Gasteiger partial charge < -0.3 is 0 Å². The minimum Gasteiger partial charge on any atom is -0.297 e. The minimum atomic E-state index is -0.690. The van der Waals surface area contributed by atoms with Crippen molar-refractivity contribution in [1.29, 1.82) is 5.26 Å². The van der Waals surface area contributed by atoms with E-state index in [0.29, 0.717) is 16.1 Å². The van der Waals surface area contributed by atoms with E-state index in [-0.39, 0.29) is 5.92 Å². The highest BCUT2D eigenvalue weighted by molar-refractivity contribution is 6.36. The molecule has 0 radical (unpaired) electrons. The van der Waals surface area contributed by atoms with Crippen LogP contribution in [-0.4, -0.2) is 18.0 Å². The molecule has 0 bridgehead atoms. The second-order valence-electron chi connectivity index (χ2n) is 7.65. The van der Waals surface area contributed by atoms with Crippen LogP contribution in [0.5, 0.6) is 0 Å². The van der Waals surface area contributed by atoms with Crippen molar-refractivity contribution < 1.29 is 0 Å². The van der Waals surface area contributed by atoms with E-state index in [4.69, 9.17) is 23.2 Å². The summed E-state index contributed by atoms with van der Waals surface area (Å²) < 4.78 is 0. The molecule has 0 spiro atoms. The average Bonchev–Trinajstić information content (AvgIpc) is 2.69. The van der Waals surface area contributed by atoms with Gasteiger partial charge in [0.2, 0.25) is 0 Å². The summed E-state index contributed by atoms with van der Waals surface area (Å²) in [6.07, 6.45) is 1.63. The Hall–Kier alpha value is -1.53. The lowest BCUT2D eigenvalue weighted by Gasteiger charge is -2.34. The first-order valence-electron chi connectivity index (χ1n) is 10.0. The number of rotatable bonds is 9. The van der Waals surface area contributed by atoms with Crippen molar-refractivity contribution in [3.63, 3.8) is 0 Å². The van der Waals surface area contributed by atoms with Crippen LogP contribution in [-0.2, 0) is 5.41 Å². The zero-order chi connectivity index (χ0) is 20.7. The number of nitriles is 1. The number of hydrogen-bond donors (Lipinski definition) is 0. The highest BCUT2D eigenvalue weighted by atomic mass is 35.5. The van der Waals surface area contributed by atoms with Gasteiger partial charge >= 0.3 is 0 Å². The van der Waals surface area contributed by atoms with Gasteiger partial charge in [-0.3, -0.25) is 4.90 Å². The fraction of sp³-hybridized carbons (Fsp3) is 0.458. The normalized spacial score (nSPS) is 14.7. The molecule has 0 aliphatic carbocycles. The molecule has 0 N–H and O–H groups in total. The maximum atomic E-state index is 10.2. The summed E-state index contributed by atoms with van der Waals surface area (Å²) >= 11 is 13.0. The van der Waals surface area contributed by atoms with Gasteiger partial charge in [-0.05, 0) is 56.5 Å². The lowest BCUT2D eigenvalue weighted by atomic mass is 9.69. The Bertz CT molecular complexity index is 778. The van der Waals surface area contributed by atoms with Crippen molar-refractivity contribution in [2.45, 2.75) is 52.0 Å². The summed E-state index contributed by atoms with van der Waals surface area (Å²) in [5.41, 5.74) is 1.40. The zero-order valence-corrected chi connectivity index (χ0v) is 18.8. The van der Waals surface area contributed by atoms with Gasteiger partial charge in [0.1, 0.15) is 0 Å². The summed E-state index contributed by atoms with van der Waals surface area (Å²) in [6.45, 7) is 10.5. The predicted molar refractivity (Wildman–Crippen MR) is 120 cm³/mol. The summed E-state index contributed by atoms with van der Waals surface area (Å²) in [5.74, 6) is 0.108. The average molecular weight is 417 g/mol.